The van der Waals surface area contributed by atoms with E-state index in [1.165, 1.54) is 0 Å². The molecule has 1 rings (SSSR count). The summed E-state index contributed by atoms with van der Waals surface area (Å²) in [5, 5.41) is 2.87. The summed E-state index contributed by atoms with van der Waals surface area (Å²) in [6, 6.07) is 5.09. The molecule has 0 radical (unpaired) electrons. The van der Waals surface area contributed by atoms with E-state index < -0.39 is 6.04 Å². The van der Waals surface area contributed by atoms with Crippen LogP contribution in [0.1, 0.15) is 38.9 Å². The van der Waals surface area contributed by atoms with Gasteiger partial charge >= 0.3 is 0 Å². The number of carbonyl (C=O) groups excluding carboxylic acids is 1. The highest BCUT2D eigenvalue weighted by Gasteiger charge is 2.17. The topological polar surface area (TPSA) is 68.0 Å². The number of pyridine rings is 1. The van der Waals surface area contributed by atoms with Gasteiger partial charge in [0.15, 0.2) is 0 Å². The fourth-order valence-electron chi connectivity index (χ4n) is 1.64. The zero-order valence-electron chi connectivity index (χ0n) is 10.7. The fraction of sp³-hybridized carbons (Fsp3) is 0.538. The lowest BCUT2D eigenvalue weighted by molar-refractivity contribution is -0.123. The molecule has 1 heterocycles. The monoisotopic (exact) mass is 235 g/mol. The Morgan fingerprint density at radius 3 is 2.65 bits per heavy atom. The molecule has 0 aliphatic carbocycles. The highest BCUT2D eigenvalue weighted by Crippen LogP contribution is 2.09. The van der Waals surface area contributed by atoms with Crippen LogP contribution in [-0.2, 0) is 4.79 Å². The van der Waals surface area contributed by atoms with Crippen LogP contribution in [0.5, 0.6) is 0 Å². The van der Waals surface area contributed by atoms with Crippen molar-refractivity contribution in [2.45, 2.75) is 39.3 Å². The minimum atomic E-state index is -0.443. The molecular weight excluding hydrogens is 214 g/mol. The fourth-order valence-corrected chi connectivity index (χ4v) is 1.64. The lowest BCUT2D eigenvalue weighted by Crippen LogP contribution is -2.42. The van der Waals surface area contributed by atoms with E-state index >= 15 is 0 Å². The van der Waals surface area contributed by atoms with Crippen LogP contribution in [0.15, 0.2) is 24.4 Å². The third kappa shape index (κ3) is 4.53. The van der Waals surface area contributed by atoms with Gasteiger partial charge in [-0.2, -0.15) is 0 Å². The molecule has 2 atom stereocenters. The Kier molecular flexibility index (Phi) is 5.10. The maximum atomic E-state index is 11.8. The number of hydrogen-bond acceptors (Lipinski definition) is 3. The first-order valence-corrected chi connectivity index (χ1v) is 5.97. The number of nitrogens with zero attached hydrogens (tertiary/aromatic N) is 1. The number of rotatable bonds is 5. The van der Waals surface area contributed by atoms with Gasteiger partial charge in [-0.3, -0.25) is 9.78 Å². The summed E-state index contributed by atoms with van der Waals surface area (Å²) in [7, 11) is 0. The summed E-state index contributed by atoms with van der Waals surface area (Å²) in [4.78, 5) is 16.0. The van der Waals surface area contributed by atoms with Gasteiger partial charge in [0.2, 0.25) is 5.91 Å². The van der Waals surface area contributed by atoms with Crippen molar-refractivity contribution in [1.82, 2.24) is 10.3 Å². The minimum Gasteiger partial charge on any atom is -0.347 e. The zero-order valence-corrected chi connectivity index (χ0v) is 10.7. The van der Waals surface area contributed by atoms with Crippen molar-refractivity contribution in [3.8, 4) is 0 Å². The van der Waals surface area contributed by atoms with Gasteiger partial charge in [0.05, 0.1) is 17.8 Å². The highest BCUT2D eigenvalue weighted by atomic mass is 16.2. The van der Waals surface area contributed by atoms with E-state index in [1.807, 2.05) is 25.1 Å². The molecule has 0 aliphatic rings. The largest absolute Gasteiger partial charge is 0.347 e. The van der Waals surface area contributed by atoms with Crippen LogP contribution in [0.3, 0.4) is 0 Å². The second-order valence-electron chi connectivity index (χ2n) is 4.72. The summed E-state index contributed by atoms with van der Waals surface area (Å²) in [5.41, 5.74) is 6.66. The van der Waals surface area contributed by atoms with Crippen LogP contribution >= 0.6 is 0 Å². The Morgan fingerprint density at radius 2 is 2.12 bits per heavy atom. The molecule has 0 fully saturated rings. The van der Waals surface area contributed by atoms with Crippen molar-refractivity contribution in [3.63, 3.8) is 0 Å². The Balaban J connectivity index is 2.51. The second kappa shape index (κ2) is 6.35. The van der Waals surface area contributed by atoms with Gasteiger partial charge in [-0.05, 0) is 31.4 Å². The average molecular weight is 235 g/mol. The number of nitrogens with one attached hydrogen (secondary N) is 1. The predicted octanol–water partition coefficient (Wildman–Crippen LogP) is 1.63. The van der Waals surface area contributed by atoms with E-state index in [9.17, 15) is 4.79 Å². The quantitative estimate of drug-likeness (QED) is 0.815. The first kappa shape index (κ1) is 13.6. The molecule has 1 amide bonds. The highest BCUT2D eigenvalue weighted by molar-refractivity contribution is 5.81. The molecule has 0 saturated heterocycles. The molecule has 4 nitrogen and oxygen atoms in total. The molecule has 0 unspecified atom stereocenters. The van der Waals surface area contributed by atoms with E-state index in [4.69, 9.17) is 5.73 Å². The summed E-state index contributed by atoms with van der Waals surface area (Å²) < 4.78 is 0. The molecule has 0 spiro atoms. The van der Waals surface area contributed by atoms with E-state index in [2.05, 4.69) is 24.1 Å². The van der Waals surface area contributed by atoms with Crippen molar-refractivity contribution in [2.24, 2.45) is 11.7 Å². The van der Waals surface area contributed by atoms with Crippen molar-refractivity contribution in [1.29, 1.82) is 0 Å². The van der Waals surface area contributed by atoms with E-state index in [0.717, 1.165) is 5.69 Å². The zero-order chi connectivity index (χ0) is 12.8. The van der Waals surface area contributed by atoms with Crippen molar-refractivity contribution in [2.75, 3.05) is 0 Å². The van der Waals surface area contributed by atoms with Crippen molar-refractivity contribution >= 4 is 5.91 Å². The summed E-state index contributed by atoms with van der Waals surface area (Å²) in [5.74, 6) is 0.303. The molecule has 4 heteroatoms. The molecule has 1 aromatic heterocycles. The summed E-state index contributed by atoms with van der Waals surface area (Å²) in [6.07, 6.45) is 2.41. The molecule has 94 valence electrons. The standard InChI is InChI=1S/C13H21N3O/c1-9(2)8-11(14)13(17)16-10(3)12-6-4-5-7-15-12/h4-7,9-11H,8,14H2,1-3H3,(H,16,17)/t10-,11+/m1/s1. The molecule has 0 saturated carbocycles. The first-order chi connectivity index (χ1) is 8.00. The molecular formula is C13H21N3O. The Bertz CT molecular complexity index is 351. The Morgan fingerprint density at radius 1 is 1.41 bits per heavy atom. The molecule has 0 aromatic carbocycles. The maximum Gasteiger partial charge on any atom is 0.237 e. The molecule has 17 heavy (non-hydrogen) atoms. The number of carbonyl (C=O) groups is 1. The Hall–Kier alpha value is -1.42. The van der Waals surface area contributed by atoms with Crippen LogP contribution in [-0.4, -0.2) is 16.9 Å². The second-order valence-corrected chi connectivity index (χ2v) is 4.72. The molecule has 0 aliphatic heterocycles. The van der Waals surface area contributed by atoms with Crippen LogP contribution in [0.25, 0.3) is 0 Å². The van der Waals surface area contributed by atoms with Gasteiger partial charge in [0, 0.05) is 6.20 Å². The van der Waals surface area contributed by atoms with Gasteiger partial charge in [0.1, 0.15) is 0 Å². The number of aromatic nitrogens is 1. The van der Waals surface area contributed by atoms with Gasteiger partial charge in [-0.15, -0.1) is 0 Å². The third-order valence-electron chi connectivity index (χ3n) is 2.55. The lowest BCUT2D eigenvalue weighted by Gasteiger charge is -2.18. The van der Waals surface area contributed by atoms with Crippen LogP contribution < -0.4 is 11.1 Å². The molecule has 3 N–H and O–H groups in total. The maximum absolute atomic E-state index is 11.8. The van der Waals surface area contributed by atoms with E-state index in [-0.39, 0.29) is 11.9 Å². The smallest absolute Gasteiger partial charge is 0.237 e. The van der Waals surface area contributed by atoms with Gasteiger partial charge < -0.3 is 11.1 Å². The van der Waals surface area contributed by atoms with E-state index in [0.29, 0.717) is 12.3 Å². The predicted molar refractivity (Wildman–Crippen MR) is 68.2 cm³/mol. The Labute approximate surface area is 103 Å². The molecule has 1 aromatic rings. The number of nitrogens with two attached hydrogens (primary N) is 1. The van der Waals surface area contributed by atoms with Crippen molar-refractivity contribution in [3.05, 3.63) is 30.1 Å². The number of amides is 1. The van der Waals surface area contributed by atoms with Crippen LogP contribution in [0.2, 0.25) is 0 Å². The average Bonchev–Trinajstić information content (AvgIpc) is 2.29. The first-order valence-electron chi connectivity index (χ1n) is 5.97. The van der Waals surface area contributed by atoms with Crippen LogP contribution in [0.4, 0.5) is 0 Å². The van der Waals surface area contributed by atoms with Gasteiger partial charge in [-0.25, -0.2) is 0 Å². The summed E-state index contributed by atoms with van der Waals surface area (Å²) >= 11 is 0. The van der Waals surface area contributed by atoms with E-state index in [1.54, 1.807) is 6.20 Å². The number of hydrogen-bond donors (Lipinski definition) is 2. The summed E-state index contributed by atoms with van der Waals surface area (Å²) in [6.45, 7) is 6.01. The van der Waals surface area contributed by atoms with Gasteiger partial charge in [0.25, 0.3) is 0 Å². The molecule has 0 bridgehead atoms. The van der Waals surface area contributed by atoms with Crippen molar-refractivity contribution < 1.29 is 4.79 Å². The lowest BCUT2D eigenvalue weighted by atomic mass is 10.0. The van der Waals surface area contributed by atoms with Crippen LogP contribution in [0, 0.1) is 5.92 Å². The SMILES string of the molecule is CC(C)C[C@H](N)C(=O)N[C@H](C)c1ccccn1. The normalized spacial score (nSPS) is 14.4. The van der Waals surface area contributed by atoms with Gasteiger partial charge in [-0.1, -0.05) is 19.9 Å². The minimum absolute atomic E-state index is 0.109. The third-order valence-corrected chi connectivity index (χ3v) is 2.55.